The molecule has 0 aromatic rings. The minimum Gasteiger partial charge on any atom is -0.352 e. The van der Waals surface area contributed by atoms with E-state index in [0.717, 1.165) is 43.0 Å². The predicted octanol–water partition coefficient (Wildman–Crippen LogP) is 2.51. The van der Waals surface area contributed by atoms with E-state index in [2.05, 4.69) is 22.8 Å². The maximum atomic E-state index is 12.4. The number of fused-ring (bicyclic) bond motifs is 1. The smallest absolute Gasteiger partial charge is 0.240 e. The number of amides is 1. The lowest BCUT2D eigenvalue weighted by Crippen LogP contribution is -2.35. The first kappa shape index (κ1) is 15.6. The molecule has 1 aliphatic carbocycles. The lowest BCUT2D eigenvalue weighted by Gasteiger charge is -2.20. The topological polar surface area (TPSA) is 59.0 Å². The molecule has 128 valence electrons. The number of hydrogen-bond donors (Lipinski definition) is 2. The number of aromatic nitrogens is 2. The molecule has 1 atom stereocenters. The molecule has 3 heterocycles. The van der Waals surface area contributed by atoms with E-state index in [0.29, 0.717) is 18.5 Å². The van der Waals surface area contributed by atoms with Crippen molar-refractivity contribution in [3.63, 3.8) is 0 Å². The second-order valence-corrected chi connectivity index (χ2v) is 7.19. The molecule has 0 aromatic heterocycles. The van der Waals surface area contributed by atoms with Gasteiger partial charge in [-0.1, -0.05) is 12.8 Å². The molecule has 0 spiro atoms. The fourth-order valence-electron chi connectivity index (χ4n) is 4.06. The Morgan fingerprint density at radius 3 is 2.96 bits per heavy atom. The molecule has 1 saturated heterocycles. The van der Waals surface area contributed by atoms with Crippen molar-refractivity contribution in [1.82, 2.24) is 20.2 Å². The van der Waals surface area contributed by atoms with Crippen molar-refractivity contribution < 1.29 is 4.79 Å². The predicted molar refractivity (Wildman–Crippen MR) is 94.1 cm³/mol. The van der Waals surface area contributed by atoms with Crippen LogP contribution in [-0.2, 0) is 11.3 Å². The van der Waals surface area contributed by atoms with Crippen LogP contribution in [-0.4, -0.2) is 34.6 Å². The summed E-state index contributed by atoms with van der Waals surface area (Å²) in [6.07, 6.45) is 9.07. The van der Waals surface area contributed by atoms with Crippen molar-refractivity contribution in [1.29, 1.82) is 0 Å². The molecule has 2 N–H and O–H groups in total. The Morgan fingerprint density at radius 2 is 2.17 bits per heavy atom. The number of piperidine rings is 1. The summed E-state index contributed by atoms with van der Waals surface area (Å²) >= 11 is 0. The number of nitrogens with zero attached hydrogens (tertiary/aromatic N) is 2. The van der Waals surface area contributed by atoms with Gasteiger partial charge in [0.2, 0.25) is 5.91 Å². The average Bonchev–Trinajstić information content (AvgIpc) is 3.25. The molecule has 0 bridgehead atoms. The third-order valence-electron chi connectivity index (χ3n) is 5.36. The van der Waals surface area contributed by atoms with E-state index in [9.17, 15) is 4.79 Å². The molecule has 4 rings (SSSR count). The third kappa shape index (κ3) is 3.31. The van der Waals surface area contributed by atoms with Crippen LogP contribution >= 0.6 is 0 Å². The summed E-state index contributed by atoms with van der Waals surface area (Å²) in [4.78, 5) is 17.2. The Labute approximate surface area is 143 Å². The van der Waals surface area contributed by atoms with Crippen molar-refractivity contribution in [3.05, 3.63) is 30.1 Å². The SMILES string of the molecule is O=C(Cn1cccc2cc(C3CCCNC3)nc1-2)NC1CCCC1. The molecule has 0 radical (unpaired) electrons. The minimum atomic E-state index is 0.100. The van der Waals surface area contributed by atoms with Crippen LogP contribution in [0, 0.1) is 0 Å². The van der Waals surface area contributed by atoms with Crippen LogP contribution in [0.1, 0.15) is 50.1 Å². The minimum absolute atomic E-state index is 0.100. The molecule has 1 amide bonds. The molecule has 0 aromatic carbocycles. The van der Waals surface area contributed by atoms with Gasteiger partial charge < -0.3 is 15.2 Å². The van der Waals surface area contributed by atoms with Crippen molar-refractivity contribution in [2.75, 3.05) is 13.1 Å². The van der Waals surface area contributed by atoms with E-state index >= 15 is 0 Å². The third-order valence-corrected chi connectivity index (χ3v) is 5.36. The molecule has 24 heavy (non-hydrogen) atoms. The van der Waals surface area contributed by atoms with Crippen LogP contribution in [0.4, 0.5) is 0 Å². The number of carbonyl (C=O) groups is 1. The Bertz CT molecular complexity index is 668. The first-order chi connectivity index (χ1) is 11.8. The molecular weight excluding hydrogens is 300 g/mol. The van der Waals surface area contributed by atoms with Crippen molar-refractivity contribution in [3.8, 4) is 11.4 Å². The van der Waals surface area contributed by atoms with Crippen molar-refractivity contribution >= 4 is 5.91 Å². The van der Waals surface area contributed by atoms with Crippen LogP contribution in [0.15, 0.2) is 24.4 Å². The quantitative estimate of drug-likeness (QED) is 0.908. The number of nitrogens with one attached hydrogen (secondary N) is 2. The van der Waals surface area contributed by atoms with Crippen LogP contribution < -0.4 is 10.6 Å². The highest BCUT2D eigenvalue weighted by atomic mass is 16.2. The fourth-order valence-corrected chi connectivity index (χ4v) is 4.06. The van der Waals surface area contributed by atoms with Gasteiger partial charge in [0.15, 0.2) is 0 Å². The monoisotopic (exact) mass is 326 g/mol. The Balaban J connectivity index is 1.50. The van der Waals surface area contributed by atoms with Gasteiger partial charge in [-0.15, -0.1) is 0 Å². The highest BCUT2D eigenvalue weighted by Gasteiger charge is 2.22. The zero-order chi connectivity index (χ0) is 16.4. The summed E-state index contributed by atoms with van der Waals surface area (Å²) in [6, 6.07) is 6.66. The van der Waals surface area contributed by atoms with Gasteiger partial charge in [0.25, 0.3) is 0 Å². The Hall–Kier alpha value is -1.88. The van der Waals surface area contributed by atoms with Gasteiger partial charge >= 0.3 is 0 Å². The van der Waals surface area contributed by atoms with Gasteiger partial charge in [-0.3, -0.25) is 4.79 Å². The maximum Gasteiger partial charge on any atom is 0.240 e. The van der Waals surface area contributed by atoms with Crippen molar-refractivity contribution in [2.24, 2.45) is 0 Å². The van der Waals surface area contributed by atoms with E-state index < -0.39 is 0 Å². The first-order valence-corrected chi connectivity index (χ1v) is 9.25. The summed E-state index contributed by atoms with van der Waals surface area (Å²) in [5, 5.41) is 6.62. The van der Waals surface area contributed by atoms with Crippen LogP contribution in [0.2, 0.25) is 0 Å². The fraction of sp³-hybridized carbons (Fsp3) is 0.579. The van der Waals surface area contributed by atoms with Crippen LogP contribution in [0.25, 0.3) is 11.4 Å². The second-order valence-electron chi connectivity index (χ2n) is 7.19. The Kier molecular flexibility index (Phi) is 4.52. The zero-order valence-corrected chi connectivity index (χ0v) is 14.1. The first-order valence-electron chi connectivity index (χ1n) is 9.25. The number of carbonyl (C=O) groups excluding carboxylic acids is 1. The standard InChI is InChI=1S/C19H26N4O/c24-18(21-16-7-1-2-8-16)13-23-10-4-6-14-11-17(22-19(14)23)15-5-3-9-20-12-15/h4,6,10-11,15-16,20H,1-3,5,7-9,12-13H2,(H,21,24). The van der Waals surface area contributed by atoms with Gasteiger partial charge in [-0.05, 0) is 50.4 Å². The molecule has 4 aliphatic rings. The molecule has 5 heteroatoms. The van der Waals surface area contributed by atoms with Crippen LogP contribution in [0.3, 0.4) is 0 Å². The summed E-state index contributed by atoms with van der Waals surface area (Å²) in [7, 11) is 0. The second kappa shape index (κ2) is 6.93. The molecule has 1 unspecified atom stereocenters. The Morgan fingerprint density at radius 1 is 1.29 bits per heavy atom. The molecule has 3 aliphatic heterocycles. The number of rotatable bonds is 4. The summed E-state index contributed by atoms with van der Waals surface area (Å²) in [6.45, 7) is 2.47. The summed E-state index contributed by atoms with van der Waals surface area (Å²) < 4.78 is 1.99. The highest BCUT2D eigenvalue weighted by molar-refractivity contribution is 5.77. The van der Waals surface area contributed by atoms with E-state index in [1.54, 1.807) is 0 Å². The van der Waals surface area contributed by atoms with E-state index in [1.807, 2.05) is 16.8 Å². The van der Waals surface area contributed by atoms with Gasteiger partial charge in [0.1, 0.15) is 12.4 Å². The number of hydrogen-bond acceptors (Lipinski definition) is 3. The van der Waals surface area contributed by atoms with E-state index in [1.165, 1.54) is 25.7 Å². The lowest BCUT2D eigenvalue weighted by atomic mass is 9.96. The maximum absolute atomic E-state index is 12.4. The van der Waals surface area contributed by atoms with E-state index in [4.69, 9.17) is 4.98 Å². The van der Waals surface area contributed by atoms with Gasteiger partial charge in [0, 0.05) is 36.0 Å². The van der Waals surface area contributed by atoms with Crippen molar-refractivity contribution in [2.45, 2.75) is 57.0 Å². The normalized spacial score (nSPS) is 22.1. The molecule has 2 fully saturated rings. The molecular formula is C19H26N4O. The highest BCUT2D eigenvalue weighted by Crippen LogP contribution is 2.29. The average molecular weight is 326 g/mol. The number of pyridine rings is 1. The summed E-state index contributed by atoms with van der Waals surface area (Å²) in [5.74, 6) is 1.52. The zero-order valence-electron chi connectivity index (χ0n) is 14.1. The molecule has 1 saturated carbocycles. The van der Waals surface area contributed by atoms with Gasteiger partial charge in [-0.2, -0.15) is 0 Å². The van der Waals surface area contributed by atoms with Gasteiger partial charge in [0.05, 0.1) is 0 Å². The van der Waals surface area contributed by atoms with Gasteiger partial charge in [-0.25, -0.2) is 4.98 Å². The lowest BCUT2D eigenvalue weighted by molar-refractivity contribution is -0.122. The van der Waals surface area contributed by atoms with E-state index in [-0.39, 0.29) is 5.91 Å². The van der Waals surface area contributed by atoms with Crippen LogP contribution in [0.5, 0.6) is 0 Å². The summed E-state index contributed by atoms with van der Waals surface area (Å²) in [5.41, 5.74) is 2.29. The molecule has 5 nitrogen and oxygen atoms in total. The largest absolute Gasteiger partial charge is 0.352 e.